The van der Waals surface area contributed by atoms with Crippen molar-refractivity contribution in [1.29, 1.82) is 0 Å². The molecule has 2 N–H and O–H groups in total. The molecule has 0 spiro atoms. The third-order valence-electron chi connectivity index (χ3n) is 2.79. The fourth-order valence-corrected chi connectivity index (χ4v) is 1.84. The molecular formula is C12H17ClFN. The minimum absolute atomic E-state index is 0.0978. The van der Waals surface area contributed by atoms with Gasteiger partial charge < -0.3 is 5.73 Å². The van der Waals surface area contributed by atoms with Crippen LogP contribution in [0.15, 0.2) is 18.2 Å². The van der Waals surface area contributed by atoms with Crippen molar-refractivity contribution in [2.75, 3.05) is 0 Å². The van der Waals surface area contributed by atoms with Gasteiger partial charge >= 0.3 is 0 Å². The third kappa shape index (κ3) is 3.18. The molecule has 2 unspecified atom stereocenters. The second kappa shape index (κ2) is 5.47. The molecule has 15 heavy (non-hydrogen) atoms. The van der Waals surface area contributed by atoms with Crippen LogP contribution in [-0.4, -0.2) is 6.04 Å². The zero-order chi connectivity index (χ0) is 11.4. The summed E-state index contributed by atoms with van der Waals surface area (Å²) in [6.45, 7) is 4.06. The number of nitrogens with two attached hydrogens (primary N) is 1. The van der Waals surface area contributed by atoms with Gasteiger partial charge in [0.25, 0.3) is 0 Å². The maximum absolute atomic E-state index is 13.5. The first-order valence-corrected chi connectivity index (χ1v) is 5.62. The minimum atomic E-state index is -0.238. The van der Waals surface area contributed by atoms with Crippen LogP contribution in [-0.2, 0) is 6.42 Å². The number of hydrogen-bond donors (Lipinski definition) is 1. The van der Waals surface area contributed by atoms with E-state index in [1.807, 2.05) is 13.8 Å². The van der Waals surface area contributed by atoms with E-state index in [9.17, 15) is 4.39 Å². The van der Waals surface area contributed by atoms with Crippen LogP contribution < -0.4 is 5.73 Å². The Bertz CT molecular complexity index is 307. The number of hydrogen-bond acceptors (Lipinski definition) is 1. The molecule has 0 radical (unpaired) electrons. The molecule has 0 aromatic heterocycles. The molecule has 0 aliphatic rings. The first kappa shape index (κ1) is 12.5. The topological polar surface area (TPSA) is 26.0 Å². The summed E-state index contributed by atoms with van der Waals surface area (Å²) in [5.41, 5.74) is 6.48. The van der Waals surface area contributed by atoms with Crippen molar-refractivity contribution >= 4 is 11.6 Å². The summed E-state index contributed by atoms with van der Waals surface area (Å²) in [6.07, 6.45) is 1.49. The van der Waals surface area contributed by atoms with Crippen molar-refractivity contribution in [2.24, 2.45) is 11.7 Å². The quantitative estimate of drug-likeness (QED) is 0.842. The van der Waals surface area contributed by atoms with Crippen molar-refractivity contribution in [2.45, 2.75) is 32.7 Å². The van der Waals surface area contributed by atoms with E-state index >= 15 is 0 Å². The zero-order valence-electron chi connectivity index (χ0n) is 9.13. The molecule has 84 valence electrons. The average Bonchev–Trinajstić information content (AvgIpc) is 2.22. The summed E-state index contributed by atoms with van der Waals surface area (Å²) in [4.78, 5) is 0. The molecule has 1 aromatic carbocycles. The van der Waals surface area contributed by atoms with E-state index < -0.39 is 0 Å². The lowest BCUT2D eigenvalue weighted by molar-refractivity contribution is 0.434. The van der Waals surface area contributed by atoms with E-state index in [4.69, 9.17) is 17.3 Å². The highest BCUT2D eigenvalue weighted by atomic mass is 35.5. The van der Waals surface area contributed by atoms with E-state index in [2.05, 4.69) is 0 Å². The van der Waals surface area contributed by atoms with Crippen molar-refractivity contribution in [3.63, 3.8) is 0 Å². The monoisotopic (exact) mass is 229 g/mol. The highest BCUT2D eigenvalue weighted by Crippen LogP contribution is 2.23. The third-order valence-corrected chi connectivity index (χ3v) is 3.14. The molecule has 3 heteroatoms. The Balaban J connectivity index is 2.80. The van der Waals surface area contributed by atoms with Gasteiger partial charge in [0, 0.05) is 16.6 Å². The molecule has 2 atom stereocenters. The van der Waals surface area contributed by atoms with Gasteiger partial charge in [-0.15, -0.1) is 0 Å². The van der Waals surface area contributed by atoms with Crippen LogP contribution in [0.3, 0.4) is 0 Å². The van der Waals surface area contributed by atoms with E-state index in [0.717, 1.165) is 6.42 Å². The number of benzene rings is 1. The molecule has 0 aliphatic carbocycles. The lowest BCUT2D eigenvalue weighted by Gasteiger charge is -2.19. The minimum Gasteiger partial charge on any atom is -0.327 e. The molecule has 0 bridgehead atoms. The van der Waals surface area contributed by atoms with Gasteiger partial charge in [-0.05, 0) is 30.9 Å². The summed E-state index contributed by atoms with van der Waals surface area (Å²) in [7, 11) is 0. The summed E-state index contributed by atoms with van der Waals surface area (Å²) in [5.74, 6) is 0.00190. The van der Waals surface area contributed by atoms with Gasteiger partial charge in [0.2, 0.25) is 0 Å². The Hall–Kier alpha value is -0.600. The summed E-state index contributed by atoms with van der Waals surface area (Å²) < 4.78 is 13.5. The van der Waals surface area contributed by atoms with Gasteiger partial charge in [0.05, 0.1) is 0 Å². The Morgan fingerprint density at radius 1 is 1.47 bits per heavy atom. The van der Waals surface area contributed by atoms with Crippen LogP contribution in [0.2, 0.25) is 5.02 Å². The average molecular weight is 230 g/mol. The molecule has 1 aromatic rings. The van der Waals surface area contributed by atoms with E-state index in [-0.39, 0.29) is 17.8 Å². The molecule has 1 nitrogen and oxygen atoms in total. The van der Waals surface area contributed by atoms with Crippen LogP contribution in [0.5, 0.6) is 0 Å². The largest absolute Gasteiger partial charge is 0.327 e. The van der Waals surface area contributed by atoms with Gasteiger partial charge in [0.15, 0.2) is 0 Å². The van der Waals surface area contributed by atoms with Crippen molar-refractivity contribution in [3.8, 4) is 0 Å². The van der Waals surface area contributed by atoms with Crippen LogP contribution in [0, 0.1) is 11.7 Å². The van der Waals surface area contributed by atoms with Gasteiger partial charge in [-0.2, -0.15) is 0 Å². The Kier molecular flexibility index (Phi) is 4.55. The molecule has 0 aliphatic heterocycles. The molecule has 0 saturated carbocycles. The smallest absolute Gasteiger partial charge is 0.127 e. The first-order valence-electron chi connectivity index (χ1n) is 5.24. The number of rotatable bonds is 4. The summed E-state index contributed by atoms with van der Waals surface area (Å²) >= 11 is 5.94. The molecule has 0 fully saturated rings. The Morgan fingerprint density at radius 3 is 2.67 bits per heavy atom. The van der Waals surface area contributed by atoms with Crippen LogP contribution >= 0.6 is 11.6 Å². The number of halogens is 2. The SMILES string of the molecule is CCC(N)C(C)Cc1c(F)cccc1Cl. The molecular weight excluding hydrogens is 213 g/mol. The standard InChI is InChI=1S/C12H17ClFN/c1-3-12(15)8(2)7-9-10(13)5-4-6-11(9)14/h4-6,8,12H,3,7,15H2,1-2H3. The maximum Gasteiger partial charge on any atom is 0.127 e. The highest BCUT2D eigenvalue weighted by molar-refractivity contribution is 6.31. The molecule has 0 heterocycles. The van der Waals surface area contributed by atoms with Gasteiger partial charge in [-0.25, -0.2) is 4.39 Å². The molecule has 1 rings (SSSR count). The predicted octanol–water partition coefficient (Wildman–Crippen LogP) is 3.40. The fourth-order valence-electron chi connectivity index (χ4n) is 1.60. The maximum atomic E-state index is 13.5. The second-order valence-electron chi connectivity index (χ2n) is 3.95. The van der Waals surface area contributed by atoms with Gasteiger partial charge in [-0.1, -0.05) is 31.5 Å². The first-order chi connectivity index (χ1) is 7.06. The van der Waals surface area contributed by atoms with Crippen LogP contribution in [0.25, 0.3) is 0 Å². The molecule has 0 saturated heterocycles. The predicted molar refractivity (Wildman–Crippen MR) is 62.5 cm³/mol. The fraction of sp³-hybridized carbons (Fsp3) is 0.500. The molecule has 0 amide bonds. The second-order valence-corrected chi connectivity index (χ2v) is 4.36. The zero-order valence-corrected chi connectivity index (χ0v) is 9.89. The van der Waals surface area contributed by atoms with Crippen LogP contribution in [0.1, 0.15) is 25.8 Å². The summed E-state index contributed by atoms with van der Waals surface area (Å²) in [6, 6.07) is 4.86. The lowest BCUT2D eigenvalue weighted by atomic mass is 9.93. The van der Waals surface area contributed by atoms with Gasteiger partial charge in [-0.3, -0.25) is 0 Å². The van der Waals surface area contributed by atoms with Gasteiger partial charge in [0.1, 0.15) is 5.82 Å². The Labute approximate surface area is 95.4 Å². The summed E-state index contributed by atoms with van der Waals surface area (Å²) in [5, 5.41) is 0.491. The van der Waals surface area contributed by atoms with Crippen molar-refractivity contribution in [1.82, 2.24) is 0 Å². The van der Waals surface area contributed by atoms with Crippen molar-refractivity contribution < 1.29 is 4.39 Å². The van der Waals surface area contributed by atoms with E-state index in [0.29, 0.717) is 17.0 Å². The van der Waals surface area contributed by atoms with Crippen LogP contribution in [0.4, 0.5) is 4.39 Å². The van der Waals surface area contributed by atoms with Crippen molar-refractivity contribution in [3.05, 3.63) is 34.6 Å². The van der Waals surface area contributed by atoms with E-state index in [1.165, 1.54) is 6.07 Å². The normalized spacial score (nSPS) is 15.0. The lowest BCUT2D eigenvalue weighted by Crippen LogP contribution is -2.28. The van der Waals surface area contributed by atoms with E-state index in [1.54, 1.807) is 12.1 Å². The highest BCUT2D eigenvalue weighted by Gasteiger charge is 2.15. The Morgan fingerprint density at radius 2 is 2.13 bits per heavy atom.